The highest BCUT2D eigenvalue weighted by molar-refractivity contribution is 5.96. The van der Waals surface area contributed by atoms with Gasteiger partial charge in [-0.3, -0.25) is 9.48 Å². The predicted octanol–water partition coefficient (Wildman–Crippen LogP) is 3.36. The molecule has 1 aromatic carbocycles. The summed E-state index contributed by atoms with van der Waals surface area (Å²) < 4.78 is 7.29. The summed E-state index contributed by atoms with van der Waals surface area (Å²) in [5, 5.41) is 7.57. The fourth-order valence-corrected chi connectivity index (χ4v) is 3.69. The fraction of sp³-hybridized carbons (Fsp3) is 0.500. The molecule has 1 N–H and O–H groups in total. The first-order valence-corrected chi connectivity index (χ1v) is 10.1. The molecule has 1 aliphatic carbocycles. The molecule has 1 aromatic heterocycles. The Bertz CT molecular complexity index is 936. The van der Waals surface area contributed by atoms with Crippen molar-refractivity contribution < 1.29 is 14.3 Å². The predicted molar refractivity (Wildman–Crippen MR) is 108 cm³/mol. The molecule has 7 nitrogen and oxygen atoms in total. The molecule has 0 saturated heterocycles. The average Bonchev–Trinajstić information content (AvgIpc) is 3.29. The molecule has 154 valence electrons. The Morgan fingerprint density at radius 3 is 2.45 bits per heavy atom. The lowest BCUT2D eigenvalue weighted by Crippen LogP contribution is -2.42. The summed E-state index contributed by atoms with van der Waals surface area (Å²) in [7, 11) is 0. The number of nitrogens with zero attached hydrogens (tertiary/aromatic N) is 3. The Morgan fingerprint density at radius 1 is 1.14 bits per heavy atom. The van der Waals surface area contributed by atoms with E-state index in [2.05, 4.69) is 41.6 Å². The lowest BCUT2D eigenvalue weighted by molar-refractivity contribution is 0.0193. The minimum absolute atomic E-state index is 0.143. The van der Waals surface area contributed by atoms with Gasteiger partial charge in [-0.05, 0) is 46.1 Å². The molecule has 1 fully saturated rings. The first kappa shape index (κ1) is 19.5. The summed E-state index contributed by atoms with van der Waals surface area (Å²) in [4.78, 5) is 27.2. The zero-order valence-corrected chi connectivity index (χ0v) is 17.5. The van der Waals surface area contributed by atoms with E-state index in [1.54, 1.807) is 15.8 Å². The second kappa shape index (κ2) is 6.90. The van der Waals surface area contributed by atoms with Crippen LogP contribution in [0.2, 0.25) is 0 Å². The van der Waals surface area contributed by atoms with Crippen molar-refractivity contribution in [3.05, 3.63) is 52.8 Å². The van der Waals surface area contributed by atoms with Gasteiger partial charge in [-0.1, -0.05) is 29.8 Å². The number of fused-ring (bicyclic) bond motifs is 1. The van der Waals surface area contributed by atoms with Gasteiger partial charge in [0.2, 0.25) is 0 Å². The first-order chi connectivity index (χ1) is 13.7. The van der Waals surface area contributed by atoms with Crippen molar-refractivity contribution in [2.75, 3.05) is 6.54 Å². The van der Waals surface area contributed by atoms with E-state index in [0.717, 1.165) is 24.1 Å². The highest BCUT2D eigenvalue weighted by atomic mass is 16.6. The molecule has 1 aliphatic heterocycles. The van der Waals surface area contributed by atoms with Crippen molar-refractivity contribution in [3.63, 3.8) is 0 Å². The number of hydrogen-bond donors (Lipinski definition) is 1. The number of amides is 2. The summed E-state index contributed by atoms with van der Waals surface area (Å²) in [5.74, 6) is -0.143. The zero-order chi connectivity index (χ0) is 20.8. The maximum Gasteiger partial charge on any atom is 0.410 e. The van der Waals surface area contributed by atoms with Crippen LogP contribution in [0.15, 0.2) is 30.5 Å². The lowest BCUT2D eigenvalue weighted by atomic mass is 10.0. The van der Waals surface area contributed by atoms with Gasteiger partial charge < -0.3 is 15.0 Å². The van der Waals surface area contributed by atoms with Crippen LogP contribution in [-0.4, -0.2) is 38.8 Å². The number of aromatic nitrogens is 2. The van der Waals surface area contributed by atoms with Crippen LogP contribution in [0, 0.1) is 6.92 Å². The van der Waals surface area contributed by atoms with Crippen LogP contribution in [0.1, 0.15) is 60.8 Å². The largest absolute Gasteiger partial charge is 0.444 e. The molecule has 2 heterocycles. The molecular formula is C22H28N4O3. The van der Waals surface area contributed by atoms with Gasteiger partial charge in [0.25, 0.3) is 5.91 Å². The summed E-state index contributed by atoms with van der Waals surface area (Å²) in [6.07, 6.45) is 3.09. The number of nitrogens with one attached hydrogen (secondary N) is 1. The van der Waals surface area contributed by atoms with Crippen molar-refractivity contribution in [1.82, 2.24) is 20.0 Å². The van der Waals surface area contributed by atoms with Crippen LogP contribution >= 0.6 is 0 Å². The minimum Gasteiger partial charge on any atom is -0.444 e. The summed E-state index contributed by atoms with van der Waals surface area (Å²) in [6.45, 7) is 8.96. The second-order valence-electron chi connectivity index (χ2n) is 9.03. The van der Waals surface area contributed by atoms with Crippen molar-refractivity contribution in [1.29, 1.82) is 0 Å². The summed E-state index contributed by atoms with van der Waals surface area (Å²) in [6, 6.07) is 8.31. The van der Waals surface area contributed by atoms with Gasteiger partial charge in [0, 0.05) is 6.54 Å². The third kappa shape index (κ3) is 3.99. The molecule has 2 aromatic rings. The van der Waals surface area contributed by atoms with E-state index < -0.39 is 5.60 Å². The molecule has 7 heteroatoms. The van der Waals surface area contributed by atoms with Crippen molar-refractivity contribution in [2.45, 2.75) is 64.8 Å². The SMILES string of the molecule is Cc1ccc(C2(NC(=O)c3cnn4c3CN(C(=O)OC(C)(C)C)CC4)CC2)cc1. The van der Waals surface area contributed by atoms with Gasteiger partial charge in [-0.25, -0.2) is 4.79 Å². The van der Waals surface area contributed by atoms with Gasteiger partial charge in [0.05, 0.1) is 36.1 Å². The Morgan fingerprint density at radius 2 is 1.83 bits per heavy atom. The monoisotopic (exact) mass is 396 g/mol. The van der Waals surface area contributed by atoms with Gasteiger partial charge >= 0.3 is 6.09 Å². The van der Waals surface area contributed by atoms with E-state index in [1.165, 1.54) is 5.56 Å². The van der Waals surface area contributed by atoms with Crippen LogP contribution in [0.4, 0.5) is 4.79 Å². The normalized spacial score (nSPS) is 17.4. The molecule has 2 amide bonds. The van der Waals surface area contributed by atoms with Crippen molar-refractivity contribution in [2.24, 2.45) is 0 Å². The number of ether oxygens (including phenoxy) is 1. The van der Waals surface area contributed by atoms with Crippen LogP contribution in [0.25, 0.3) is 0 Å². The van der Waals surface area contributed by atoms with Gasteiger partial charge in [0.15, 0.2) is 0 Å². The van der Waals surface area contributed by atoms with Gasteiger partial charge in [-0.15, -0.1) is 0 Å². The van der Waals surface area contributed by atoms with E-state index in [9.17, 15) is 9.59 Å². The van der Waals surface area contributed by atoms with E-state index in [-0.39, 0.29) is 17.5 Å². The Kier molecular flexibility index (Phi) is 4.63. The first-order valence-electron chi connectivity index (χ1n) is 10.1. The Labute approximate surface area is 171 Å². The molecule has 0 unspecified atom stereocenters. The molecule has 0 radical (unpaired) electrons. The van der Waals surface area contributed by atoms with Gasteiger partial charge in [-0.2, -0.15) is 5.10 Å². The Hall–Kier alpha value is -2.83. The second-order valence-corrected chi connectivity index (χ2v) is 9.03. The molecular weight excluding hydrogens is 368 g/mol. The van der Waals surface area contributed by atoms with Crippen LogP contribution in [0.3, 0.4) is 0 Å². The molecule has 0 spiro atoms. The van der Waals surface area contributed by atoms with Crippen LogP contribution < -0.4 is 5.32 Å². The number of hydrogen-bond acceptors (Lipinski definition) is 4. The summed E-state index contributed by atoms with van der Waals surface area (Å²) >= 11 is 0. The molecule has 29 heavy (non-hydrogen) atoms. The third-order valence-electron chi connectivity index (χ3n) is 5.47. The lowest BCUT2D eigenvalue weighted by Gasteiger charge is -2.30. The highest BCUT2D eigenvalue weighted by Crippen LogP contribution is 2.45. The quantitative estimate of drug-likeness (QED) is 0.863. The molecule has 2 aliphatic rings. The standard InChI is InChI=1S/C22H28N4O3/c1-15-5-7-16(8-6-15)22(9-10-22)24-19(27)17-13-23-26-12-11-25(14-18(17)26)20(28)29-21(2,3)4/h5-8,13H,9-12,14H2,1-4H3,(H,24,27). The Balaban J connectivity index is 1.50. The van der Waals surface area contributed by atoms with E-state index in [1.807, 2.05) is 20.8 Å². The van der Waals surface area contributed by atoms with E-state index in [4.69, 9.17) is 4.74 Å². The van der Waals surface area contributed by atoms with Crippen molar-refractivity contribution >= 4 is 12.0 Å². The maximum atomic E-state index is 13.1. The fourth-order valence-electron chi connectivity index (χ4n) is 3.69. The highest BCUT2D eigenvalue weighted by Gasteiger charge is 2.46. The molecule has 1 saturated carbocycles. The average molecular weight is 396 g/mol. The maximum absolute atomic E-state index is 13.1. The molecule has 0 atom stereocenters. The molecule has 0 bridgehead atoms. The van der Waals surface area contributed by atoms with Crippen LogP contribution in [-0.2, 0) is 23.4 Å². The summed E-state index contributed by atoms with van der Waals surface area (Å²) in [5.41, 5.74) is 2.76. The minimum atomic E-state index is -0.554. The number of aryl methyl sites for hydroxylation is 1. The third-order valence-corrected chi connectivity index (χ3v) is 5.47. The zero-order valence-electron chi connectivity index (χ0n) is 17.5. The number of benzene rings is 1. The number of rotatable bonds is 3. The van der Waals surface area contributed by atoms with Gasteiger partial charge in [0.1, 0.15) is 5.60 Å². The van der Waals surface area contributed by atoms with Crippen molar-refractivity contribution in [3.8, 4) is 0 Å². The smallest absolute Gasteiger partial charge is 0.410 e. The van der Waals surface area contributed by atoms with E-state index in [0.29, 0.717) is 25.2 Å². The molecule has 4 rings (SSSR count). The number of carbonyl (C=O) groups excluding carboxylic acids is 2. The topological polar surface area (TPSA) is 76.5 Å². The number of carbonyl (C=O) groups is 2. The van der Waals surface area contributed by atoms with E-state index >= 15 is 0 Å². The van der Waals surface area contributed by atoms with Crippen LogP contribution in [0.5, 0.6) is 0 Å².